The molecule has 2 rings (SSSR count). The van der Waals surface area contributed by atoms with Crippen LogP contribution >= 0.6 is 0 Å². The Morgan fingerprint density at radius 3 is 2.62 bits per heavy atom. The Bertz CT molecular complexity index is 478. The van der Waals surface area contributed by atoms with Gasteiger partial charge in [0.05, 0.1) is 11.9 Å². The third-order valence-electron chi connectivity index (χ3n) is 2.58. The molecule has 2 aromatic rings. The normalized spacial score (nSPS) is 10.7. The lowest BCUT2D eigenvalue weighted by molar-refractivity contribution is 0.867. The van der Waals surface area contributed by atoms with E-state index in [1.165, 1.54) is 5.56 Å². The number of nitrogens with zero attached hydrogens (tertiary/aromatic N) is 2. The Hall–Kier alpha value is -1.90. The van der Waals surface area contributed by atoms with E-state index in [1.54, 1.807) is 18.6 Å². The molecule has 0 unspecified atom stereocenters. The van der Waals surface area contributed by atoms with Crippen LogP contribution in [0, 0.1) is 0 Å². The van der Waals surface area contributed by atoms with Crippen molar-refractivity contribution >= 4 is 5.69 Å². The number of rotatable bonds is 2. The fourth-order valence-corrected chi connectivity index (χ4v) is 1.59. The van der Waals surface area contributed by atoms with E-state index < -0.39 is 0 Å². The van der Waals surface area contributed by atoms with Crippen molar-refractivity contribution in [3.05, 3.63) is 42.4 Å². The number of anilines is 1. The number of benzene rings is 1. The van der Waals surface area contributed by atoms with E-state index in [1.807, 2.05) is 6.07 Å². The third kappa shape index (κ3) is 2.03. The zero-order valence-corrected chi connectivity index (χ0v) is 9.51. The maximum Gasteiger partial charge on any atom is 0.0905 e. The summed E-state index contributed by atoms with van der Waals surface area (Å²) >= 11 is 0. The number of hydrogen-bond acceptors (Lipinski definition) is 3. The molecule has 0 aliphatic carbocycles. The van der Waals surface area contributed by atoms with E-state index in [0.29, 0.717) is 5.92 Å². The molecule has 2 N–H and O–H groups in total. The summed E-state index contributed by atoms with van der Waals surface area (Å²) in [6, 6.07) is 6.07. The molecule has 0 amide bonds. The van der Waals surface area contributed by atoms with Gasteiger partial charge in [-0.2, -0.15) is 0 Å². The van der Waals surface area contributed by atoms with Crippen molar-refractivity contribution in [2.75, 3.05) is 5.73 Å². The Balaban J connectivity index is 2.52. The smallest absolute Gasteiger partial charge is 0.0905 e. The highest BCUT2D eigenvalue weighted by Gasteiger charge is 2.07. The van der Waals surface area contributed by atoms with E-state index in [4.69, 9.17) is 5.73 Å². The molecule has 0 saturated heterocycles. The van der Waals surface area contributed by atoms with Crippen molar-refractivity contribution in [3.63, 3.8) is 0 Å². The minimum Gasteiger partial charge on any atom is -0.398 e. The molecule has 0 radical (unpaired) electrons. The van der Waals surface area contributed by atoms with Gasteiger partial charge >= 0.3 is 0 Å². The quantitative estimate of drug-likeness (QED) is 0.780. The zero-order valence-electron chi connectivity index (χ0n) is 9.51. The summed E-state index contributed by atoms with van der Waals surface area (Å²) in [7, 11) is 0. The molecule has 0 bridgehead atoms. The second kappa shape index (κ2) is 4.31. The molecular formula is C13H15N3. The van der Waals surface area contributed by atoms with E-state index in [2.05, 4.69) is 35.9 Å². The number of aromatic nitrogens is 2. The van der Waals surface area contributed by atoms with Crippen LogP contribution in [0.5, 0.6) is 0 Å². The summed E-state index contributed by atoms with van der Waals surface area (Å²) < 4.78 is 0. The average Bonchev–Trinajstić information content (AvgIpc) is 2.30. The Kier molecular flexibility index (Phi) is 2.86. The molecule has 0 fully saturated rings. The molecule has 3 nitrogen and oxygen atoms in total. The largest absolute Gasteiger partial charge is 0.398 e. The average molecular weight is 213 g/mol. The minimum absolute atomic E-state index is 0.482. The van der Waals surface area contributed by atoms with Crippen LogP contribution in [0.3, 0.4) is 0 Å². The van der Waals surface area contributed by atoms with Crippen LogP contribution in [0.15, 0.2) is 36.8 Å². The van der Waals surface area contributed by atoms with Crippen molar-refractivity contribution in [2.45, 2.75) is 19.8 Å². The molecule has 1 aromatic heterocycles. The third-order valence-corrected chi connectivity index (χ3v) is 2.58. The summed E-state index contributed by atoms with van der Waals surface area (Å²) in [5.41, 5.74) is 9.73. The van der Waals surface area contributed by atoms with Crippen LogP contribution in [0.4, 0.5) is 5.69 Å². The predicted octanol–water partition coefficient (Wildman–Crippen LogP) is 2.85. The summed E-state index contributed by atoms with van der Waals surface area (Å²) in [5, 5.41) is 0. The van der Waals surface area contributed by atoms with Gasteiger partial charge in [-0.1, -0.05) is 19.9 Å². The van der Waals surface area contributed by atoms with Gasteiger partial charge in [-0.15, -0.1) is 0 Å². The first-order valence-electron chi connectivity index (χ1n) is 5.34. The van der Waals surface area contributed by atoms with Gasteiger partial charge in [0.1, 0.15) is 0 Å². The molecular weight excluding hydrogens is 198 g/mol. The zero-order chi connectivity index (χ0) is 11.5. The van der Waals surface area contributed by atoms with Crippen molar-refractivity contribution in [1.82, 2.24) is 9.97 Å². The van der Waals surface area contributed by atoms with Crippen LogP contribution in [-0.2, 0) is 0 Å². The first-order valence-corrected chi connectivity index (χ1v) is 5.34. The van der Waals surface area contributed by atoms with Crippen LogP contribution in [0.25, 0.3) is 11.3 Å². The van der Waals surface area contributed by atoms with Crippen molar-refractivity contribution < 1.29 is 0 Å². The lowest BCUT2D eigenvalue weighted by Gasteiger charge is -2.10. The van der Waals surface area contributed by atoms with Gasteiger partial charge in [-0.05, 0) is 23.6 Å². The molecule has 0 aliphatic heterocycles. The van der Waals surface area contributed by atoms with Crippen LogP contribution in [-0.4, -0.2) is 9.97 Å². The van der Waals surface area contributed by atoms with E-state index >= 15 is 0 Å². The number of nitrogen functional groups attached to an aromatic ring is 1. The molecule has 0 saturated carbocycles. The van der Waals surface area contributed by atoms with Gasteiger partial charge in [-0.25, -0.2) is 0 Å². The van der Waals surface area contributed by atoms with Crippen molar-refractivity contribution in [1.29, 1.82) is 0 Å². The Labute approximate surface area is 95.4 Å². The van der Waals surface area contributed by atoms with Gasteiger partial charge in [-0.3, -0.25) is 9.97 Å². The van der Waals surface area contributed by atoms with E-state index in [0.717, 1.165) is 16.9 Å². The van der Waals surface area contributed by atoms with Gasteiger partial charge in [0, 0.05) is 23.6 Å². The number of nitrogens with two attached hydrogens (primary N) is 1. The first-order chi connectivity index (χ1) is 7.68. The molecule has 82 valence electrons. The summed E-state index contributed by atoms with van der Waals surface area (Å²) in [5.74, 6) is 0.482. The maximum atomic E-state index is 5.95. The lowest BCUT2D eigenvalue weighted by atomic mass is 9.98. The second-order valence-corrected chi connectivity index (χ2v) is 4.09. The SMILES string of the molecule is CC(C)c1ccc(N)c(-c2cnccn2)c1. The van der Waals surface area contributed by atoms with E-state index in [-0.39, 0.29) is 0 Å². The molecule has 0 aliphatic rings. The number of hydrogen-bond donors (Lipinski definition) is 1. The topological polar surface area (TPSA) is 51.8 Å². The highest BCUT2D eigenvalue weighted by Crippen LogP contribution is 2.27. The first kappa shape index (κ1) is 10.6. The Morgan fingerprint density at radius 2 is 2.00 bits per heavy atom. The van der Waals surface area contributed by atoms with Crippen molar-refractivity contribution in [2.24, 2.45) is 0 Å². The van der Waals surface area contributed by atoms with Crippen LogP contribution in [0.2, 0.25) is 0 Å². The van der Waals surface area contributed by atoms with Gasteiger partial charge in [0.2, 0.25) is 0 Å². The van der Waals surface area contributed by atoms with Gasteiger partial charge in [0.25, 0.3) is 0 Å². The predicted molar refractivity (Wildman–Crippen MR) is 66.0 cm³/mol. The second-order valence-electron chi connectivity index (χ2n) is 4.09. The molecule has 1 aromatic carbocycles. The monoisotopic (exact) mass is 213 g/mol. The lowest BCUT2D eigenvalue weighted by Crippen LogP contribution is -1.95. The molecule has 3 heteroatoms. The molecule has 0 atom stereocenters. The highest BCUT2D eigenvalue weighted by atomic mass is 14.8. The summed E-state index contributed by atoms with van der Waals surface area (Å²) in [6.45, 7) is 4.32. The van der Waals surface area contributed by atoms with Gasteiger partial charge in [0.15, 0.2) is 0 Å². The molecule has 16 heavy (non-hydrogen) atoms. The Morgan fingerprint density at radius 1 is 1.19 bits per heavy atom. The summed E-state index contributed by atoms with van der Waals surface area (Å²) in [6.07, 6.45) is 5.07. The highest BCUT2D eigenvalue weighted by molar-refractivity contribution is 5.73. The molecule has 1 heterocycles. The summed E-state index contributed by atoms with van der Waals surface area (Å²) in [4.78, 5) is 8.33. The standard InChI is InChI=1S/C13H15N3/c1-9(2)10-3-4-12(14)11(7-10)13-8-15-5-6-16-13/h3-9H,14H2,1-2H3. The minimum atomic E-state index is 0.482. The maximum absolute atomic E-state index is 5.95. The van der Waals surface area contributed by atoms with Crippen LogP contribution < -0.4 is 5.73 Å². The van der Waals surface area contributed by atoms with Gasteiger partial charge < -0.3 is 5.73 Å². The fourth-order valence-electron chi connectivity index (χ4n) is 1.59. The van der Waals surface area contributed by atoms with Crippen LogP contribution in [0.1, 0.15) is 25.3 Å². The molecule has 0 spiro atoms. The van der Waals surface area contributed by atoms with E-state index in [9.17, 15) is 0 Å². The fraction of sp³-hybridized carbons (Fsp3) is 0.231. The van der Waals surface area contributed by atoms with Crippen molar-refractivity contribution in [3.8, 4) is 11.3 Å².